The van der Waals surface area contributed by atoms with Crippen LogP contribution in [0.4, 0.5) is 5.69 Å². The number of hydrogen-bond donors (Lipinski definition) is 1. The molecule has 1 heterocycles. The molecule has 156 valence electrons. The monoisotopic (exact) mass is 482 g/mol. The highest BCUT2D eigenvalue weighted by Crippen LogP contribution is 2.24. The molecular formula is C21H15BrN4O5. The van der Waals surface area contributed by atoms with Gasteiger partial charge >= 0.3 is 5.97 Å². The zero-order chi connectivity index (χ0) is 22.4. The number of nitrogens with one attached hydrogen (secondary N) is 1. The molecule has 0 saturated carbocycles. The summed E-state index contributed by atoms with van der Waals surface area (Å²) < 4.78 is 6.08. The van der Waals surface area contributed by atoms with E-state index in [9.17, 15) is 19.7 Å². The van der Waals surface area contributed by atoms with Crippen molar-refractivity contribution in [2.45, 2.75) is 6.92 Å². The van der Waals surface area contributed by atoms with Crippen molar-refractivity contribution in [2.24, 2.45) is 5.10 Å². The van der Waals surface area contributed by atoms with Crippen LogP contribution >= 0.6 is 15.9 Å². The number of esters is 1. The molecule has 1 N–H and O–H groups in total. The number of nitrogens with zero attached hydrogens (tertiary/aromatic N) is 3. The van der Waals surface area contributed by atoms with Crippen LogP contribution in [0.5, 0.6) is 5.75 Å². The van der Waals surface area contributed by atoms with Crippen molar-refractivity contribution >= 4 is 39.7 Å². The zero-order valence-corrected chi connectivity index (χ0v) is 17.7. The van der Waals surface area contributed by atoms with Gasteiger partial charge in [-0.1, -0.05) is 22.0 Å². The Kier molecular flexibility index (Phi) is 6.83. The molecule has 2 aromatic carbocycles. The second kappa shape index (κ2) is 9.72. The predicted octanol–water partition coefficient (Wildman–Crippen LogP) is 4.04. The Morgan fingerprint density at radius 1 is 1.16 bits per heavy atom. The number of carbonyl (C=O) groups is 2. The zero-order valence-electron chi connectivity index (χ0n) is 16.1. The van der Waals surface area contributed by atoms with E-state index in [4.69, 9.17) is 4.74 Å². The van der Waals surface area contributed by atoms with Gasteiger partial charge in [0.25, 0.3) is 11.6 Å². The summed E-state index contributed by atoms with van der Waals surface area (Å²) in [4.78, 5) is 39.1. The smallest absolute Gasteiger partial charge is 0.343 e. The number of hydrogen-bond acceptors (Lipinski definition) is 7. The van der Waals surface area contributed by atoms with Gasteiger partial charge in [0.2, 0.25) is 0 Å². The first-order valence-electron chi connectivity index (χ1n) is 8.86. The Morgan fingerprint density at radius 3 is 2.65 bits per heavy atom. The Bertz CT molecular complexity index is 1180. The van der Waals surface area contributed by atoms with Gasteiger partial charge < -0.3 is 4.74 Å². The Labute approximate surface area is 185 Å². The number of nitro benzene ring substituents is 1. The molecule has 0 fully saturated rings. The van der Waals surface area contributed by atoms with Gasteiger partial charge in [-0.3, -0.25) is 19.9 Å². The third-order valence-corrected chi connectivity index (χ3v) is 4.50. The third kappa shape index (κ3) is 5.80. The van der Waals surface area contributed by atoms with E-state index in [1.807, 2.05) is 0 Å². The molecule has 31 heavy (non-hydrogen) atoms. The van der Waals surface area contributed by atoms with Crippen LogP contribution in [0.15, 0.2) is 70.4 Å². The topological polar surface area (TPSA) is 124 Å². The second-order valence-corrected chi connectivity index (χ2v) is 7.18. The van der Waals surface area contributed by atoms with E-state index < -0.39 is 16.8 Å². The van der Waals surface area contributed by atoms with Crippen LogP contribution in [-0.4, -0.2) is 28.0 Å². The molecule has 0 aliphatic heterocycles. The number of amides is 1. The molecule has 0 bridgehead atoms. The SMILES string of the molecule is Cc1ccc(C(=O)NN=Cc2cc([N+](=O)[O-])ccc2OC(=O)c2cccc(Br)c2)cn1. The van der Waals surface area contributed by atoms with Crippen molar-refractivity contribution in [2.75, 3.05) is 0 Å². The number of carbonyl (C=O) groups excluding carboxylic acids is 2. The van der Waals surface area contributed by atoms with Gasteiger partial charge in [-0.25, -0.2) is 10.2 Å². The Hall–Kier alpha value is -3.92. The number of ether oxygens (including phenoxy) is 1. The summed E-state index contributed by atoms with van der Waals surface area (Å²) in [5.74, 6) is -1.12. The van der Waals surface area contributed by atoms with Gasteiger partial charge in [0.1, 0.15) is 5.75 Å². The average molecular weight is 483 g/mol. The number of non-ortho nitro benzene ring substituents is 1. The van der Waals surface area contributed by atoms with Crippen molar-refractivity contribution in [3.63, 3.8) is 0 Å². The number of rotatable bonds is 6. The molecule has 1 amide bonds. The molecule has 0 aliphatic rings. The minimum absolute atomic E-state index is 0.0468. The van der Waals surface area contributed by atoms with Gasteiger partial charge in [-0.15, -0.1) is 0 Å². The standard InChI is InChI=1S/C21H15BrN4O5/c1-13-5-6-15(11-23-13)20(27)25-24-12-16-10-18(26(29)30)7-8-19(16)31-21(28)14-3-2-4-17(22)9-14/h2-12H,1H3,(H,25,27). The van der Waals surface area contributed by atoms with E-state index in [-0.39, 0.29) is 22.6 Å². The summed E-state index contributed by atoms with van der Waals surface area (Å²) in [6.45, 7) is 1.79. The number of benzene rings is 2. The Morgan fingerprint density at radius 2 is 1.97 bits per heavy atom. The maximum absolute atomic E-state index is 12.4. The molecule has 0 saturated heterocycles. The van der Waals surface area contributed by atoms with Crippen LogP contribution in [0, 0.1) is 17.0 Å². The largest absolute Gasteiger partial charge is 0.422 e. The number of aromatic nitrogens is 1. The first kappa shape index (κ1) is 21.8. The van der Waals surface area contributed by atoms with E-state index in [0.29, 0.717) is 10.0 Å². The molecule has 9 nitrogen and oxygen atoms in total. The van der Waals surface area contributed by atoms with Crippen LogP contribution in [0.3, 0.4) is 0 Å². The fraction of sp³-hybridized carbons (Fsp3) is 0.0476. The van der Waals surface area contributed by atoms with Crippen molar-refractivity contribution in [3.05, 3.63) is 97.8 Å². The van der Waals surface area contributed by atoms with Crippen LogP contribution in [-0.2, 0) is 0 Å². The molecular weight excluding hydrogens is 468 g/mol. The molecule has 0 atom stereocenters. The van der Waals surface area contributed by atoms with E-state index >= 15 is 0 Å². The van der Waals surface area contributed by atoms with Crippen LogP contribution in [0.2, 0.25) is 0 Å². The minimum atomic E-state index is -0.653. The van der Waals surface area contributed by atoms with E-state index in [1.54, 1.807) is 43.3 Å². The molecule has 1 aromatic heterocycles. The average Bonchev–Trinajstić information content (AvgIpc) is 2.75. The summed E-state index contributed by atoms with van der Waals surface area (Å²) in [5, 5.41) is 14.9. The molecule has 0 radical (unpaired) electrons. The fourth-order valence-corrected chi connectivity index (χ4v) is 2.84. The van der Waals surface area contributed by atoms with Crippen molar-refractivity contribution in [1.29, 1.82) is 0 Å². The van der Waals surface area contributed by atoms with Gasteiger partial charge in [0.15, 0.2) is 0 Å². The first-order valence-corrected chi connectivity index (χ1v) is 9.65. The van der Waals surface area contributed by atoms with Crippen molar-refractivity contribution in [1.82, 2.24) is 10.4 Å². The Balaban J connectivity index is 1.81. The molecule has 3 aromatic rings. The normalized spacial score (nSPS) is 10.6. The highest BCUT2D eigenvalue weighted by Gasteiger charge is 2.15. The highest BCUT2D eigenvalue weighted by atomic mass is 79.9. The van der Waals surface area contributed by atoms with Crippen molar-refractivity contribution in [3.8, 4) is 5.75 Å². The summed E-state index contributed by atoms with van der Waals surface area (Å²) in [6.07, 6.45) is 2.56. The lowest BCUT2D eigenvalue weighted by molar-refractivity contribution is -0.384. The van der Waals surface area contributed by atoms with E-state index in [2.05, 4.69) is 31.4 Å². The van der Waals surface area contributed by atoms with Crippen LogP contribution in [0.25, 0.3) is 0 Å². The fourth-order valence-electron chi connectivity index (χ4n) is 2.44. The van der Waals surface area contributed by atoms with Gasteiger partial charge in [-0.2, -0.15) is 5.10 Å². The highest BCUT2D eigenvalue weighted by molar-refractivity contribution is 9.10. The lowest BCUT2D eigenvalue weighted by Gasteiger charge is -2.08. The number of aryl methyl sites for hydroxylation is 1. The van der Waals surface area contributed by atoms with Gasteiger partial charge in [0, 0.05) is 34.1 Å². The number of nitro groups is 1. The van der Waals surface area contributed by atoms with Gasteiger partial charge in [0.05, 0.1) is 22.3 Å². The predicted molar refractivity (Wildman–Crippen MR) is 116 cm³/mol. The number of hydrazone groups is 1. The molecule has 10 heteroatoms. The molecule has 0 spiro atoms. The molecule has 3 rings (SSSR count). The maximum Gasteiger partial charge on any atom is 0.343 e. The lowest BCUT2D eigenvalue weighted by Crippen LogP contribution is -2.18. The van der Waals surface area contributed by atoms with E-state index in [0.717, 1.165) is 11.9 Å². The van der Waals surface area contributed by atoms with E-state index in [1.165, 1.54) is 24.4 Å². The first-order chi connectivity index (χ1) is 14.8. The third-order valence-electron chi connectivity index (χ3n) is 4.01. The summed E-state index contributed by atoms with van der Waals surface area (Å²) >= 11 is 3.28. The quantitative estimate of drug-likeness (QED) is 0.186. The van der Waals surface area contributed by atoms with Crippen molar-refractivity contribution < 1.29 is 19.2 Å². The van der Waals surface area contributed by atoms with Crippen LogP contribution in [0.1, 0.15) is 32.0 Å². The number of halogens is 1. The van der Waals surface area contributed by atoms with Crippen LogP contribution < -0.4 is 10.2 Å². The summed E-state index contributed by atoms with van der Waals surface area (Å²) in [5.41, 5.74) is 3.56. The molecule has 0 unspecified atom stereocenters. The summed E-state index contributed by atoms with van der Waals surface area (Å²) in [7, 11) is 0. The van der Waals surface area contributed by atoms with Gasteiger partial charge in [-0.05, 0) is 43.3 Å². The summed E-state index contributed by atoms with van der Waals surface area (Å²) in [6, 6.07) is 13.5. The lowest BCUT2D eigenvalue weighted by atomic mass is 10.2. The second-order valence-electron chi connectivity index (χ2n) is 6.27. The maximum atomic E-state index is 12.4. The number of pyridine rings is 1. The molecule has 0 aliphatic carbocycles. The minimum Gasteiger partial charge on any atom is -0.422 e.